The fourth-order valence-corrected chi connectivity index (χ4v) is 3.55. The SMILES string of the molecule is CCCn1c(Cn2ccnc2-c2cccc(F)n2)nc2ccc(-c3ncno3)cc21. The zero-order chi connectivity index (χ0) is 20.5. The summed E-state index contributed by atoms with van der Waals surface area (Å²) in [5.41, 5.74) is 3.20. The van der Waals surface area contributed by atoms with Gasteiger partial charge in [0.15, 0.2) is 12.2 Å². The topological polar surface area (TPSA) is 87.5 Å². The number of aryl methyl sites for hydroxylation is 1. The van der Waals surface area contributed by atoms with E-state index in [1.54, 1.807) is 18.3 Å². The third-order valence-corrected chi connectivity index (χ3v) is 4.85. The smallest absolute Gasteiger partial charge is 0.257 e. The number of imidazole rings is 2. The number of hydrogen-bond acceptors (Lipinski definition) is 6. The van der Waals surface area contributed by atoms with Crippen molar-refractivity contribution in [2.75, 3.05) is 0 Å². The molecule has 0 saturated carbocycles. The first kappa shape index (κ1) is 18.2. The first-order valence-electron chi connectivity index (χ1n) is 9.63. The summed E-state index contributed by atoms with van der Waals surface area (Å²) < 4.78 is 22.9. The molecule has 0 bridgehead atoms. The fourth-order valence-electron chi connectivity index (χ4n) is 3.55. The van der Waals surface area contributed by atoms with Crippen LogP contribution in [0.25, 0.3) is 34.0 Å². The van der Waals surface area contributed by atoms with E-state index in [1.807, 2.05) is 29.0 Å². The van der Waals surface area contributed by atoms with E-state index in [2.05, 4.69) is 31.6 Å². The van der Waals surface area contributed by atoms with Crippen LogP contribution in [0.4, 0.5) is 4.39 Å². The zero-order valence-electron chi connectivity index (χ0n) is 16.2. The van der Waals surface area contributed by atoms with Gasteiger partial charge in [-0.1, -0.05) is 18.1 Å². The molecule has 5 rings (SSSR count). The van der Waals surface area contributed by atoms with Crippen LogP contribution in [-0.4, -0.2) is 34.2 Å². The minimum absolute atomic E-state index is 0.469. The molecule has 0 saturated heterocycles. The minimum atomic E-state index is -0.533. The summed E-state index contributed by atoms with van der Waals surface area (Å²) in [6, 6.07) is 10.6. The van der Waals surface area contributed by atoms with Crippen molar-refractivity contribution in [1.29, 1.82) is 0 Å². The van der Waals surface area contributed by atoms with E-state index in [-0.39, 0.29) is 0 Å². The van der Waals surface area contributed by atoms with Gasteiger partial charge in [0.1, 0.15) is 11.5 Å². The van der Waals surface area contributed by atoms with Crippen LogP contribution in [0.2, 0.25) is 0 Å². The molecule has 1 aromatic carbocycles. The lowest BCUT2D eigenvalue weighted by Gasteiger charge is -2.11. The van der Waals surface area contributed by atoms with Gasteiger partial charge in [0, 0.05) is 24.5 Å². The van der Waals surface area contributed by atoms with Gasteiger partial charge < -0.3 is 13.7 Å². The van der Waals surface area contributed by atoms with E-state index >= 15 is 0 Å². The molecule has 0 aliphatic rings. The maximum atomic E-state index is 13.6. The highest BCUT2D eigenvalue weighted by Gasteiger charge is 2.16. The quantitative estimate of drug-likeness (QED) is 0.399. The Morgan fingerprint density at radius 2 is 2.03 bits per heavy atom. The number of aromatic nitrogens is 7. The maximum Gasteiger partial charge on any atom is 0.257 e. The van der Waals surface area contributed by atoms with Gasteiger partial charge >= 0.3 is 0 Å². The molecule has 0 spiro atoms. The highest BCUT2D eigenvalue weighted by molar-refractivity contribution is 5.81. The van der Waals surface area contributed by atoms with Crippen LogP contribution in [0.5, 0.6) is 0 Å². The monoisotopic (exact) mass is 403 g/mol. The Hall–Kier alpha value is -3.88. The van der Waals surface area contributed by atoms with E-state index in [0.717, 1.165) is 35.4 Å². The van der Waals surface area contributed by atoms with Crippen LogP contribution in [0.3, 0.4) is 0 Å². The van der Waals surface area contributed by atoms with E-state index in [1.165, 1.54) is 12.4 Å². The molecule has 0 unspecified atom stereocenters. The van der Waals surface area contributed by atoms with Gasteiger partial charge in [-0.25, -0.2) is 15.0 Å². The lowest BCUT2D eigenvalue weighted by Crippen LogP contribution is -2.10. The second-order valence-electron chi connectivity index (χ2n) is 6.85. The molecule has 0 N–H and O–H groups in total. The Bertz CT molecular complexity index is 1310. The van der Waals surface area contributed by atoms with Crippen molar-refractivity contribution in [3.63, 3.8) is 0 Å². The summed E-state index contributed by atoms with van der Waals surface area (Å²) in [4.78, 5) is 17.3. The van der Waals surface area contributed by atoms with E-state index in [9.17, 15) is 4.39 Å². The van der Waals surface area contributed by atoms with Gasteiger partial charge in [0.05, 0.1) is 17.6 Å². The highest BCUT2D eigenvalue weighted by Crippen LogP contribution is 2.25. The molecule has 0 amide bonds. The normalized spacial score (nSPS) is 11.4. The second kappa shape index (κ2) is 7.51. The Morgan fingerprint density at radius 1 is 1.10 bits per heavy atom. The molecule has 0 aliphatic heterocycles. The minimum Gasteiger partial charge on any atom is -0.334 e. The van der Waals surface area contributed by atoms with Crippen molar-refractivity contribution in [2.45, 2.75) is 26.4 Å². The first-order valence-corrected chi connectivity index (χ1v) is 9.63. The van der Waals surface area contributed by atoms with Crippen LogP contribution >= 0.6 is 0 Å². The summed E-state index contributed by atoms with van der Waals surface area (Å²) in [5, 5.41) is 3.69. The molecular formula is C21H18FN7O. The lowest BCUT2D eigenvalue weighted by atomic mass is 10.2. The van der Waals surface area contributed by atoms with Crippen molar-refractivity contribution < 1.29 is 8.91 Å². The van der Waals surface area contributed by atoms with Crippen molar-refractivity contribution in [3.05, 3.63) is 66.9 Å². The third kappa shape index (κ3) is 3.24. The van der Waals surface area contributed by atoms with Gasteiger partial charge in [-0.3, -0.25) is 0 Å². The summed E-state index contributed by atoms with van der Waals surface area (Å²) in [6.07, 6.45) is 5.87. The van der Waals surface area contributed by atoms with Gasteiger partial charge in [0.25, 0.3) is 5.89 Å². The zero-order valence-corrected chi connectivity index (χ0v) is 16.2. The Morgan fingerprint density at radius 3 is 2.83 bits per heavy atom. The highest BCUT2D eigenvalue weighted by atomic mass is 19.1. The largest absolute Gasteiger partial charge is 0.334 e. The van der Waals surface area contributed by atoms with Crippen LogP contribution in [0.15, 0.2) is 59.6 Å². The predicted molar refractivity (Wildman–Crippen MR) is 108 cm³/mol. The van der Waals surface area contributed by atoms with Crippen molar-refractivity contribution >= 4 is 11.0 Å². The Labute approximate surface area is 171 Å². The predicted octanol–water partition coefficient (Wildman–Crippen LogP) is 3.94. The van der Waals surface area contributed by atoms with Crippen LogP contribution in [-0.2, 0) is 13.1 Å². The second-order valence-corrected chi connectivity index (χ2v) is 6.85. The molecule has 0 radical (unpaired) electrons. The molecule has 5 aromatic rings. The number of rotatable bonds is 6. The molecule has 8 nitrogen and oxygen atoms in total. The fraction of sp³-hybridized carbons (Fsp3) is 0.190. The summed E-state index contributed by atoms with van der Waals surface area (Å²) in [5.74, 6) is 1.41. The van der Waals surface area contributed by atoms with Gasteiger partial charge in [-0.15, -0.1) is 0 Å². The Balaban J connectivity index is 1.57. The van der Waals surface area contributed by atoms with Gasteiger partial charge in [0.2, 0.25) is 5.95 Å². The van der Waals surface area contributed by atoms with Crippen LogP contribution in [0, 0.1) is 5.95 Å². The van der Waals surface area contributed by atoms with Crippen LogP contribution in [0.1, 0.15) is 19.2 Å². The first-order chi connectivity index (χ1) is 14.7. The molecule has 150 valence electrons. The Kier molecular flexibility index (Phi) is 4.55. The molecule has 4 aromatic heterocycles. The number of nitrogens with zero attached hydrogens (tertiary/aromatic N) is 7. The standard InChI is InChI=1S/C21H18FN7O/c1-2-9-29-17-11-14(21-24-13-25-30-21)6-7-15(17)27-19(29)12-28-10-8-23-20(28)16-4-3-5-18(22)26-16/h3-8,10-11,13H,2,9,12H2,1H3. The van der Waals surface area contributed by atoms with E-state index < -0.39 is 5.95 Å². The molecule has 0 fully saturated rings. The van der Waals surface area contributed by atoms with Crippen molar-refractivity contribution in [2.24, 2.45) is 0 Å². The average molecular weight is 403 g/mol. The number of hydrogen-bond donors (Lipinski definition) is 0. The third-order valence-electron chi connectivity index (χ3n) is 4.85. The van der Waals surface area contributed by atoms with Crippen molar-refractivity contribution in [3.8, 4) is 23.0 Å². The molecule has 30 heavy (non-hydrogen) atoms. The molecule has 0 aliphatic carbocycles. The summed E-state index contributed by atoms with van der Waals surface area (Å²) in [6.45, 7) is 3.41. The molecular weight excluding hydrogens is 385 g/mol. The number of benzene rings is 1. The van der Waals surface area contributed by atoms with Crippen molar-refractivity contribution in [1.82, 2.24) is 34.2 Å². The van der Waals surface area contributed by atoms with Gasteiger partial charge in [-0.05, 0) is 36.8 Å². The molecule has 4 heterocycles. The molecule has 0 atom stereocenters. The lowest BCUT2D eigenvalue weighted by molar-refractivity contribution is 0.430. The summed E-state index contributed by atoms with van der Waals surface area (Å²) in [7, 11) is 0. The summed E-state index contributed by atoms with van der Waals surface area (Å²) >= 11 is 0. The molecule has 9 heteroatoms. The van der Waals surface area contributed by atoms with E-state index in [4.69, 9.17) is 9.51 Å². The van der Waals surface area contributed by atoms with E-state index in [0.29, 0.717) is 24.0 Å². The van der Waals surface area contributed by atoms with Gasteiger partial charge in [-0.2, -0.15) is 9.37 Å². The van der Waals surface area contributed by atoms with Crippen LogP contribution < -0.4 is 0 Å². The number of halogens is 1. The maximum absolute atomic E-state index is 13.6. The number of pyridine rings is 1. The average Bonchev–Trinajstić information content (AvgIpc) is 3.49. The number of fused-ring (bicyclic) bond motifs is 1.